The lowest BCUT2D eigenvalue weighted by Gasteiger charge is -2.12. The highest BCUT2D eigenvalue weighted by Crippen LogP contribution is 1.96. The minimum atomic E-state index is -1.36. The molecule has 0 rings (SSSR count). The minimum absolute atomic E-state index is 0.513. The van der Waals surface area contributed by atoms with Crippen LogP contribution < -0.4 is 0 Å². The quantitative estimate of drug-likeness (QED) is 0.389. The van der Waals surface area contributed by atoms with Crippen molar-refractivity contribution in [2.75, 3.05) is 19.8 Å². The largest absolute Gasteiger partial charge is 0.480 e. The summed E-state index contributed by atoms with van der Waals surface area (Å²) in [7, 11) is 0. The number of carboxylic acid groups (broad SMARTS) is 1. The van der Waals surface area contributed by atoms with Crippen LogP contribution in [0.4, 0.5) is 0 Å². The van der Waals surface area contributed by atoms with Gasteiger partial charge < -0.3 is 19.5 Å². The van der Waals surface area contributed by atoms with Gasteiger partial charge in [-0.3, -0.25) is 0 Å². The maximum atomic E-state index is 10.0. The van der Waals surface area contributed by atoms with Crippen LogP contribution in [-0.2, 0) is 19.2 Å². The average Bonchev–Trinajstić information content (AvgIpc) is 2.12. The van der Waals surface area contributed by atoms with Gasteiger partial charge in [0, 0.05) is 0 Å². The van der Waals surface area contributed by atoms with E-state index in [1.54, 1.807) is 0 Å². The van der Waals surface area contributed by atoms with Crippen molar-refractivity contribution in [3.05, 3.63) is 20.2 Å². The van der Waals surface area contributed by atoms with E-state index in [1.165, 1.54) is 0 Å². The van der Waals surface area contributed by atoms with Crippen LogP contribution in [0.15, 0.2) is 0 Å². The number of aliphatic carboxylic acids is 1. The van der Waals surface area contributed by atoms with E-state index in [1.807, 2.05) is 0 Å². The Morgan fingerprint density at radius 1 is 1.25 bits per heavy atom. The third-order valence-corrected chi connectivity index (χ3v) is 1.13. The summed E-state index contributed by atoms with van der Waals surface area (Å²) in [6, 6.07) is 0. The molecule has 1 N–H and O–H groups in total. The maximum absolute atomic E-state index is 10.0. The Bertz CT molecular complexity index is 267. The number of hydrogen-bond acceptors (Lipinski definition) is 8. The van der Waals surface area contributed by atoms with E-state index in [2.05, 4.69) is 14.4 Å². The summed E-state index contributed by atoms with van der Waals surface area (Å²) in [6.07, 6.45) is -1.36. The Morgan fingerprint density at radius 2 is 1.88 bits per heavy atom. The van der Waals surface area contributed by atoms with Gasteiger partial charge in [0.1, 0.15) is 13.2 Å². The Morgan fingerprint density at radius 3 is 2.31 bits per heavy atom. The molecule has 0 aliphatic carbocycles. The number of nitrogens with zero attached hydrogens (tertiary/aromatic N) is 2. The van der Waals surface area contributed by atoms with Crippen molar-refractivity contribution in [1.29, 1.82) is 0 Å². The first-order valence-corrected chi connectivity index (χ1v) is 3.79. The van der Waals surface area contributed by atoms with E-state index in [4.69, 9.17) is 5.11 Å². The zero-order chi connectivity index (χ0) is 12.6. The molecule has 0 aliphatic rings. The first kappa shape index (κ1) is 13.8. The van der Waals surface area contributed by atoms with Crippen LogP contribution in [0.3, 0.4) is 0 Å². The normalized spacial score (nSPS) is 11.5. The fourth-order valence-corrected chi connectivity index (χ4v) is 0.652. The maximum Gasteiger partial charge on any atom is 0.329 e. The lowest BCUT2D eigenvalue weighted by atomic mass is 10.4. The van der Waals surface area contributed by atoms with Crippen LogP contribution in [-0.4, -0.2) is 47.2 Å². The van der Waals surface area contributed by atoms with Crippen molar-refractivity contribution < 1.29 is 34.5 Å². The molecule has 0 aliphatic heterocycles. The van der Waals surface area contributed by atoms with Crippen molar-refractivity contribution in [2.24, 2.45) is 0 Å². The Hall–Kier alpha value is -2.17. The molecule has 0 aromatic rings. The number of rotatable bonds is 9. The lowest BCUT2D eigenvalue weighted by Crippen LogP contribution is -2.30. The molecule has 0 radical (unpaired) electrons. The van der Waals surface area contributed by atoms with Gasteiger partial charge in [0.05, 0.1) is 6.61 Å². The fourth-order valence-electron chi connectivity index (χ4n) is 0.652. The first-order chi connectivity index (χ1) is 7.41. The molecule has 1 atom stereocenters. The molecular formula is C5H8N2O9. The molecule has 92 valence electrons. The summed E-state index contributed by atoms with van der Waals surface area (Å²) in [4.78, 5) is 37.5. The average molecular weight is 240 g/mol. The van der Waals surface area contributed by atoms with E-state index in [9.17, 15) is 25.0 Å². The molecule has 0 spiro atoms. The predicted octanol–water partition coefficient (Wildman–Crippen LogP) is -1.13. The minimum Gasteiger partial charge on any atom is -0.480 e. The van der Waals surface area contributed by atoms with Crippen molar-refractivity contribution in [1.82, 2.24) is 0 Å². The smallest absolute Gasteiger partial charge is 0.329 e. The van der Waals surface area contributed by atoms with Gasteiger partial charge in [-0.15, -0.1) is 20.2 Å². The molecule has 0 amide bonds. The Labute approximate surface area is 87.7 Å². The van der Waals surface area contributed by atoms with E-state index in [0.29, 0.717) is 0 Å². The second-order valence-electron chi connectivity index (χ2n) is 2.38. The van der Waals surface area contributed by atoms with Crippen LogP contribution in [0, 0.1) is 20.2 Å². The molecule has 0 aromatic carbocycles. The summed E-state index contributed by atoms with van der Waals surface area (Å²) >= 11 is 0. The van der Waals surface area contributed by atoms with Crippen molar-refractivity contribution in [3.8, 4) is 0 Å². The Kier molecular flexibility index (Phi) is 6.19. The van der Waals surface area contributed by atoms with Crippen LogP contribution in [0.1, 0.15) is 0 Å². The number of hydrogen-bond donors (Lipinski definition) is 1. The standard InChI is InChI=1S/C5H8N2O9/c8-5(9)3-14-1-4(16-7(12)13)2-15-6(10)11/h4H,1-3H2,(H,8,9)/t4-/m0/s1. The van der Waals surface area contributed by atoms with Crippen molar-refractivity contribution >= 4 is 5.97 Å². The highest BCUT2D eigenvalue weighted by Gasteiger charge is 2.16. The highest BCUT2D eigenvalue weighted by atomic mass is 17.0. The summed E-state index contributed by atoms with van der Waals surface area (Å²) in [6.45, 7) is -1.94. The van der Waals surface area contributed by atoms with E-state index in [0.717, 1.165) is 0 Å². The first-order valence-electron chi connectivity index (χ1n) is 3.79. The van der Waals surface area contributed by atoms with Crippen LogP contribution in [0.25, 0.3) is 0 Å². The van der Waals surface area contributed by atoms with Crippen LogP contribution >= 0.6 is 0 Å². The van der Waals surface area contributed by atoms with Crippen molar-refractivity contribution in [3.63, 3.8) is 0 Å². The van der Waals surface area contributed by atoms with Crippen LogP contribution in [0.5, 0.6) is 0 Å². The summed E-state index contributed by atoms with van der Waals surface area (Å²) in [5.74, 6) is -1.28. The number of carbonyl (C=O) groups is 1. The summed E-state index contributed by atoms with van der Waals surface area (Å²) < 4.78 is 4.46. The van der Waals surface area contributed by atoms with Gasteiger partial charge in [0.15, 0.2) is 6.10 Å². The molecule has 11 nitrogen and oxygen atoms in total. The molecule has 0 fully saturated rings. The summed E-state index contributed by atoms with van der Waals surface area (Å²) in [5.41, 5.74) is 0. The second-order valence-corrected chi connectivity index (χ2v) is 2.38. The monoisotopic (exact) mass is 240 g/mol. The third kappa shape index (κ3) is 8.43. The molecule has 0 saturated heterocycles. The van der Waals surface area contributed by atoms with E-state index in [-0.39, 0.29) is 0 Å². The van der Waals surface area contributed by atoms with Crippen LogP contribution in [0.2, 0.25) is 0 Å². The number of ether oxygens (including phenoxy) is 1. The van der Waals surface area contributed by atoms with Gasteiger partial charge in [-0.1, -0.05) is 0 Å². The molecule has 11 heteroatoms. The topological polar surface area (TPSA) is 151 Å². The molecule has 0 saturated carbocycles. The number of carboxylic acids is 1. The van der Waals surface area contributed by atoms with Gasteiger partial charge in [0.2, 0.25) is 0 Å². The molecular weight excluding hydrogens is 232 g/mol. The molecule has 0 aromatic heterocycles. The van der Waals surface area contributed by atoms with Gasteiger partial charge in [-0.2, -0.15) is 0 Å². The predicted molar refractivity (Wildman–Crippen MR) is 43.3 cm³/mol. The van der Waals surface area contributed by atoms with Crippen molar-refractivity contribution in [2.45, 2.75) is 6.10 Å². The molecule has 0 bridgehead atoms. The second kappa shape index (κ2) is 7.17. The van der Waals surface area contributed by atoms with Gasteiger partial charge in [-0.05, 0) is 0 Å². The van der Waals surface area contributed by atoms with Gasteiger partial charge in [-0.25, -0.2) is 4.79 Å². The molecule has 0 heterocycles. The van der Waals surface area contributed by atoms with Gasteiger partial charge in [0.25, 0.3) is 10.2 Å². The zero-order valence-electron chi connectivity index (χ0n) is 7.81. The zero-order valence-corrected chi connectivity index (χ0v) is 7.81. The Balaban J connectivity index is 3.94. The fraction of sp³-hybridized carbons (Fsp3) is 0.800. The van der Waals surface area contributed by atoms with E-state index < -0.39 is 42.1 Å². The third-order valence-electron chi connectivity index (χ3n) is 1.13. The SMILES string of the molecule is O=C(O)COC[C@@H](CO[N+](=O)[O-])O[N+](=O)[O-]. The molecule has 0 unspecified atom stereocenters. The lowest BCUT2D eigenvalue weighted by molar-refractivity contribution is -0.790. The highest BCUT2D eigenvalue weighted by molar-refractivity contribution is 5.67. The molecule has 16 heavy (non-hydrogen) atoms. The van der Waals surface area contributed by atoms with E-state index >= 15 is 0 Å². The van der Waals surface area contributed by atoms with Gasteiger partial charge >= 0.3 is 5.97 Å². The summed E-state index contributed by atoms with van der Waals surface area (Å²) in [5, 5.41) is 25.6.